The van der Waals surface area contributed by atoms with E-state index < -0.39 is 0 Å². The number of ether oxygens (including phenoxy) is 1. The Morgan fingerprint density at radius 3 is 2.52 bits per heavy atom. The van der Waals surface area contributed by atoms with E-state index >= 15 is 0 Å². The molecule has 0 bridgehead atoms. The Morgan fingerprint density at radius 2 is 1.73 bits per heavy atom. The van der Waals surface area contributed by atoms with Crippen molar-refractivity contribution in [1.29, 1.82) is 0 Å². The third kappa shape index (κ3) is 6.02. The van der Waals surface area contributed by atoms with E-state index in [-0.39, 0.29) is 17.2 Å². The highest BCUT2D eigenvalue weighted by atomic mass is 32.2. The smallest absolute Gasteiger partial charge is 0.262 e. The number of benzene rings is 3. The van der Waals surface area contributed by atoms with Crippen LogP contribution in [0.1, 0.15) is 11.1 Å². The van der Waals surface area contributed by atoms with Crippen LogP contribution >= 0.6 is 11.8 Å². The molecular weight excluding hydrogens is 434 g/mol. The predicted octanol–water partition coefficient (Wildman–Crippen LogP) is 4.04. The first kappa shape index (κ1) is 22.6. The highest BCUT2D eigenvalue weighted by Crippen LogP contribution is 2.19. The number of nitrogens with one attached hydrogen (secondary N) is 1. The number of aryl methyl sites for hydroxylation is 1. The summed E-state index contributed by atoms with van der Waals surface area (Å²) in [6, 6.07) is 24.8. The van der Waals surface area contributed by atoms with Gasteiger partial charge in [-0.1, -0.05) is 71.9 Å². The highest BCUT2D eigenvalue weighted by molar-refractivity contribution is 7.99. The summed E-state index contributed by atoms with van der Waals surface area (Å²) in [4.78, 5) is 30.3. The van der Waals surface area contributed by atoms with E-state index in [9.17, 15) is 9.59 Å². The van der Waals surface area contributed by atoms with Gasteiger partial charge in [-0.3, -0.25) is 14.2 Å². The second-order valence-electron chi connectivity index (χ2n) is 7.59. The van der Waals surface area contributed by atoms with Crippen molar-refractivity contribution in [3.8, 4) is 5.75 Å². The molecule has 0 saturated heterocycles. The molecule has 0 aliphatic rings. The molecule has 0 atom stereocenters. The van der Waals surface area contributed by atoms with E-state index in [1.807, 2.05) is 79.7 Å². The van der Waals surface area contributed by atoms with Crippen molar-refractivity contribution in [3.05, 3.63) is 100 Å². The van der Waals surface area contributed by atoms with Gasteiger partial charge < -0.3 is 10.1 Å². The van der Waals surface area contributed by atoms with E-state index in [0.29, 0.717) is 35.8 Å². The van der Waals surface area contributed by atoms with Crippen LogP contribution in [0, 0.1) is 6.92 Å². The largest absolute Gasteiger partial charge is 0.492 e. The third-order valence-corrected chi connectivity index (χ3v) is 6.03. The fourth-order valence-corrected chi connectivity index (χ4v) is 4.16. The molecule has 3 aromatic carbocycles. The van der Waals surface area contributed by atoms with Gasteiger partial charge in [0.05, 0.1) is 29.7 Å². The quantitative estimate of drug-likeness (QED) is 0.232. The van der Waals surface area contributed by atoms with Gasteiger partial charge in [-0.2, -0.15) is 0 Å². The van der Waals surface area contributed by atoms with Gasteiger partial charge in [0.25, 0.3) is 5.56 Å². The van der Waals surface area contributed by atoms with Crippen molar-refractivity contribution in [2.24, 2.45) is 0 Å². The molecule has 0 fully saturated rings. The number of hydrogen-bond acceptors (Lipinski definition) is 5. The lowest BCUT2D eigenvalue weighted by Gasteiger charge is -2.13. The number of para-hydroxylation sites is 2. The molecule has 0 unspecified atom stereocenters. The van der Waals surface area contributed by atoms with Crippen molar-refractivity contribution in [3.63, 3.8) is 0 Å². The normalized spacial score (nSPS) is 10.8. The zero-order valence-corrected chi connectivity index (χ0v) is 19.2. The van der Waals surface area contributed by atoms with Gasteiger partial charge in [0, 0.05) is 0 Å². The fraction of sp³-hybridized carbons (Fsp3) is 0.192. The minimum atomic E-state index is -0.138. The van der Waals surface area contributed by atoms with Gasteiger partial charge in [0.1, 0.15) is 12.4 Å². The van der Waals surface area contributed by atoms with Crippen LogP contribution in [-0.4, -0.2) is 34.4 Å². The Hall–Kier alpha value is -3.58. The summed E-state index contributed by atoms with van der Waals surface area (Å²) in [5.41, 5.74) is 2.68. The number of nitrogens with zero attached hydrogens (tertiary/aromatic N) is 2. The molecule has 0 radical (unpaired) electrons. The molecule has 0 saturated carbocycles. The molecule has 33 heavy (non-hydrogen) atoms. The molecule has 6 nitrogen and oxygen atoms in total. The Kier molecular flexibility index (Phi) is 7.42. The standard InChI is InChI=1S/C26H25N3O3S/c1-19-11-13-20(14-12-19)17-29-25(31)22-9-5-6-10-23(22)28-26(29)33-18-24(30)27-15-16-32-21-7-3-2-4-8-21/h2-14H,15-18H2,1H3,(H,27,30). The SMILES string of the molecule is Cc1ccc(Cn2c(SCC(=O)NCCOc3ccccc3)nc3ccccc3c2=O)cc1. The van der Waals surface area contributed by atoms with Gasteiger partial charge >= 0.3 is 0 Å². The van der Waals surface area contributed by atoms with Gasteiger partial charge in [0.15, 0.2) is 5.16 Å². The predicted molar refractivity (Wildman–Crippen MR) is 132 cm³/mol. The number of aromatic nitrogens is 2. The first-order chi connectivity index (χ1) is 16.1. The van der Waals surface area contributed by atoms with Crippen LogP contribution in [-0.2, 0) is 11.3 Å². The van der Waals surface area contributed by atoms with Crippen molar-refractivity contribution < 1.29 is 9.53 Å². The molecule has 4 rings (SSSR count). The Balaban J connectivity index is 1.43. The second kappa shape index (κ2) is 10.8. The summed E-state index contributed by atoms with van der Waals surface area (Å²) in [5, 5.41) is 3.94. The van der Waals surface area contributed by atoms with Crippen LogP contribution in [0.4, 0.5) is 0 Å². The summed E-state index contributed by atoms with van der Waals surface area (Å²) in [6.45, 7) is 3.20. The van der Waals surface area contributed by atoms with E-state index in [0.717, 1.165) is 16.9 Å². The highest BCUT2D eigenvalue weighted by Gasteiger charge is 2.14. The molecule has 0 spiro atoms. The molecule has 1 heterocycles. The Labute approximate surface area is 196 Å². The molecule has 0 aliphatic heterocycles. The first-order valence-corrected chi connectivity index (χ1v) is 11.7. The third-order valence-electron chi connectivity index (χ3n) is 5.06. The average molecular weight is 460 g/mol. The lowest BCUT2D eigenvalue weighted by atomic mass is 10.1. The summed E-state index contributed by atoms with van der Waals surface area (Å²) in [6.07, 6.45) is 0. The summed E-state index contributed by atoms with van der Waals surface area (Å²) in [5.74, 6) is 0.784. The van der Waals surface area contributed by atoms with Gasteiger partial charge in [-0.15, -0.1) is 0 Å². The maximum atomic E-state index is 13.2. The topological polar surface area (TPSA) is 73.2 Å². The number of amides is 1. The van der Waals surface area contributed by atoms with Crippen LogP contribution in [0.25, 0.3) is 10.9 Å². The second-order valence-corrected chi connectivity index (χ2v) is 8.53. The van der Waals surface area contributed by atoms with Crippen molar-refractivity contribution in [2.75, 3.05) is 18.9 Å². The van der Waals surface area contributed by atoms with Gasteiger partial charge in [-0.05, 0) is 36.8 Å². The number of carbonyl (C=O) groups excluding carboxylic acids is 1. The van der Waals surface area contributed by atoms with Crippen LogP contribution in [0.3, 0.4) is 0 Å². The molecule has 4 aromatic rings. The van der Waals surface area contributed by atoms with Crippen LogP contribution in [0.5, 0.6) is 5.75 Å². The molecule has 7 heteroatoms. The molecule has 0 aliphatic carbocycles. The maximum Gasteiger partial charge on any atom is 0.262 e. The zero-order chi connectivity index (χ0) is 23.0. The molecule has 168 valence electrons. The average Bonchev–Trinajstić information content (AvgIpc) is 2.84. The van der Waals surface area contributed by atoms with Crippen molar-refractivity contribution >= 4 is 28.6 Å². The molecule has 1 N–H and O–H groups in total. The van der Waals surface area contributed by atoms with Crippen LogP contribution in [0.2, 0.25) is 0 Å². The van der Waals surface area contributed by atoms with Crippen molar-refractivity contribution in [2.45, 2.75) is 18.6 Å². The zero-order valence-electron chi connectivity index (χ0n) is 18.4. The van der Waals surface area contributed by atoms with Crippen molar-refractivity contribution in [1.82, 2.24) is 14.9 Å². The summed E-state index contributed by atoms with van der Waals surface area (Å²) in [7, 11) is 0. The minimum absolute atomic E-state index is 0.111. The van der Waals surface area contributed by atoms with E-state index in [2.05, 4.69) is 10.3 Å². The number of fused-ring (bicyclic) bond motifs is 1. The fourth-order valence-electron chi connectivity index (χ4n) is 3.33. The lowest BCUT2D eigenvalue weighted by molar-refractivity contribution is -0.118. The molecule has 1 amide bonds. The summed E-state index contributed by atoms with van der Waals surface area (Å²) < 4.78 is 7.24. The first-order valence-electron chi connectivity index (χ1n) is 10.7. The molecular formula is C26H25N3O3S. The van der Waals surface area contributed by atoms with E-state index in [4.69, 9.17) is 4.74 Å². The Bertz CT molecular complexity index is 1290. The Morgan fingerprint density at radius 1 is 1.00 bits per heavy atom. The number of hydrogen-bond donors (Lipinski definition) is 1. The number of thioether (sulfide) groups is 1. The van der Waals surface area contributed by atoms with E-state index in [1.54, 1.807) is 10.6 Å². The number of carbonyl (C=O) groups is 1. The van der Waals surface area contributed by atoms with Gasteiger partial charge in [-0.25, -0.2) is 4.98 Å². The van der Waals surface area contributed by atoms with Crippen LogP contribution in [0.15, 0.2) is 88.8 Å². The number of rotatable bonds is 9. The summed E-state index contributed by atoms with van der Waals surface area (Å²) >= 11 is 1.26. The van der Waals surface area contributed by atoms with Gasteiger partial charge in [0.2, 0.25) is 5.91 Å². The van der Waals surface area contributed by atoms with Crippen LogP contribution < -0.4 is 15.6 Å². The minimum Gasteiger partial charge on any atom is -0.492 e. The lowest BCUT2D eigenvalue weighted by Crippen LogP contribution is -2.30. The van der Waals surface area contributed by atoms with E-state index in [1.165, 1.54) is 11.8 Å². The maximum absolute atomic E-state index is 13.2. The molecule has 1 aromatic heterocycles. The monoisotopic (exact) mass is 459 g/mol.